The number of allylic oxidation sites excluding steroid dienone is 2. The second-order valence-electron chi connectivity index (χ2n) is 6.68. The number of nitrogens with zero attached hydrogens (tertiary/aromatic N) is 1. The Labute approximate surface area is 138 Å². The van der Waals surface area contributed by atoms with E-state index in [4.69, 9.17) is 14.6 Å². The number of fused-ring (bicyclic) bond motifs is 1. The molecule has 1 aliphatic heterocycles. The third-order valence-corrected chi connectivity index (χ3v) is 4.07. The maximum atomic E-state index is 14.2. The SMILES string of the molecule is CC1(C)COC(c2ccc(F)c3c2C(C#N)=C(NC(=O)O)C3)OC1. The van der Waals surface area contributed by atoms with E-state index >= 15 is 0 Å². The number of nitriles is 1. The highest BCUT2D eigenvalue weighted by molar-refractivity contribution is 5.89. The van der Waals surface area contributed by atoms with E-state index < -0.39 is 18.2 Å². The van der Waals surface area contributed by atoms with Gasteiger partial charge in [0.15, 0.2) is 6.29 Å². The number of carbonyl (C=O) groups is 1. The van der Waals surface area contributed by atoms with Crippen LogP contribution >= 0.6 is 0 Å². The van der Waals surface area contributed by atoms with E-state index in [1.165, 1.54) is 12.1 Å². The van der Waals surface area contributed by atoms with Gasteiger partial charge in [0, 0.05) is 34.2 Å². The van der Waals surface area contributed by atoms with Crippen LogP contribution in [0.4, 0.5) is 9.18 Å². The lowest BCUT2D eigenvalue weighted by atomic mass is 9.94. The summed E-state index contributed by atoms with van der Waals surface area (Å²) >= 11 is 0. The molecule has 2 N–H and O–H groups in total. The number of hydrogen-bond acceptors (Lipinski definition) is 4. The molecule has 0 atom stereocenters. The van der Waals surface area contributed by atoms with Crippen molar-refractivity contribution in [2.45, 2.75) is 26.6 Å². The minimum absolute atomic E-state index is 0.0163. The van der Waals surface area contributed by atoms with Gasteiger partial charge in [-0.15, -0.1) is 0 Å². The van der Waals surface area contributed by atoms with Crippen LogP contribution in [0.25, 0.3) is 5.57 Å². The molecule has 24 heavy (non-hydrogen) atoms. The van der Waals surface area contributed by atoms with E-state index in [9.17, 15) is 14.4 Å². The van der Waals surface area contributed by atoms with Crippen molar-refractivity contribution in [2.75, 3.05) is 13.2 Å². The molecule has 0 saturated carbocycles. The molecule has 0 radical (unpaired) electrons. The zero-order chi connectivity index (χ0) is 17.5. The van der Waals surface area contributed by atoms with Crippen molar-refractivity contribution in [2.24, 2.45) is 5.41 Å². The van der Waals surface area contributed by atoms with Gasteiger partial charge in [-0.05, 0) is 6.07 Å². The summed E-state index contributed by atoms with van der Waals surface area (Å²) in [4.78, 5) is 10.9. The second-order valence-corrected chi connectivity index (χ2v) is 6.68. The number of rotatable bonds is 2. The van der Waals surface area contributed by atoms with Crippen LogP contribution in [0, 0.1) is 22.6 Å². The Morgan fingerprint density at radius 3 is 2.67 bits per heavy atom. The molecule has 1 heterocycles. The molecule has 6 nitrogen and oxygen atoms in total. The van der Waals surface area contributed by atoms with Gasteiger partial charge in [0.1, 0.15) is 11.9 Å². The van der Waals surface area contributed by atoms with Crippen molar-refractivity contribution in [1.82, 2.24) is 5.32 Å². The van der Waals surface area contributed by atoms with E-state index in [1.807, 2.05) is 19.9 Å². The summed E-state index contributed by atoms with van der Waals surface area (Å²) in [5.41, 5.74) is 1.35. The average molecular weight is 332 g/mol. The number of carboxylic acid groups (broad SMARTS) is 1. The van der Waals surface area contributed by atoms with Gasteiger partial charge in [0.2, 0.25) is 0 Å². The summed E-state index contributed by atoms with van der Waals surface area (Å²) < 4.78 is 25.7. The summed E-state index contributed by atoms with van der Waals surface area (Å²) in [5, 5.41) is 20.5. The fourth-order valence-corrected chi connectivity index (χ4v) is 2.95. The Morgan fingerprint density at radius 2 is 2.08 bits per heavy atom. The number of halogens is 1. The maximum absolute atomic E-state index is 14.2. The molecule has 0 unspecified atom stereocenters. The zero-order valence-electron chi connectivity index (χ0n) is 13.4. The van der Waals surface area contributed by atoms with E-state index in [2.05, 4.69) is 5.32 Å². The van der Waals surface area contributed by atoms with Crippen LogP contribution in [0.3, 0.4) is 0 Å². The van der Waals surface area contributed by atoms with Crippen molar-refractivity contribution >= 4 is 11.7 Å². The second kappa shape index (κ2) is 5.89. The van der Waals surface area contributed by atoms with Crippen LogP contribution in [0.5, 0.6) is 0 Å². The van der Waals surface area contributed by atoms with Crippen molar-refractivity contribution in [3.05, 3.63) is 40.3 Å². The van der Waals surface area contributed by atoms with Crippen molar-refractivity contribution in [1.29, 1.82) is 5.26 Å². The average Bonchev–Trinajstić information content (AvgIpc) is 2.86. The van der Waals surface area contributed by atoms with Crippen LogP contribution < -0.4 is 5.32 Å². The third kappa shape index (κ3) is 2.86. The Bertz CT molecular complexity index is 770. The molecule has 0 bridgehead atoms. The molecule has 0 aromatic heterocycles. The van der Waals surface area contributed by atoms with Crippen LogP contribution in [-0.2, 0) is 15.9 Å². The zero-order valence-corrected chi connectivity index (χ0v) is 13.4. The monoisotopic (exact) mass is 332 g/mol. The quantitative estimate of drug-likeness (QED) is 0.869. The Kier molecular flexibility index (Phi) is 4.03. The standard InChI is InChI=1S/C17H17FN2O4/c1-17(2)7-23-15(24-8-17)9-3-4-12(18)10-5-13(20-16(21)22)11(6-19)14(9)10/h3-4,15,20H,5,7-8H2,1-2H3,(H,21,22). The molecule has 0 spiro atoms. The molecule has 1 aromatic rings. The number of nitrogens with one attached hydrogen (secondary N) is 1. The van der Waals surface area contributed by atoms with Gasteiger partial charge in [-0.2, -0.15) is 5.26 Å². The van der Waals surface area contributed by atoms with Gasteiger partial charge in [-0.3, -0.25) is 5.32 Å². The lowest BCUT2D eigenvalue weighted by molar-refractivity contribution is -0.226. The van der Waals surface area contributed by atoms with Gasteiger partial charge in [0.25, 0.3) is 0 Å². The molecule has 3 rings (SSSR count). The highest BCUT2D eigenvalue weighted by atomic mass is 19.1. The molecule has 2 aliphatic rings. The van der Waals surface area contributed by atoms with E-state index in [0.717, 1.165) is 0 Å². The summed E-state index contributed by atoms with van der Waals surface area (Å²) in [7, 11) is 0. The highest BCUT2D eigenvalue weighted by Gasteiger charge is 2.35. The number of hydrogen-bond donors (Lipinski definition) is 2. The fraction of sp³-hybridized carbons (Fsp3) is 0.412. The first-order valence-corrected chi connectivity index (χ1v) is 7.50. The first-order chi connectivity index (χ1) is 11.3. The predicted octanol–water partition coefficient (Wildman–Crippen LogP) is 2.96. The lowest BCUT2D eigenvalue weighted by Crippen LogP contribution is -2.34. The third-order valence-electron chi connectivity index (χ3n) is 4.07. The van der Waals surface area contributed by atoms with Crippen LogP contribution in [-0.4, -0.2) is 24.4 Å². The Balaban J connectivity index is 2.03. The minimum atomic E-state index is -1.29. The Morgan fingerprint density at radius 1 is 1.42 bits per heavy atom. The van der Waals surface area contributed by atoms with E-state index in [-0.39, 0.29) is 28.7 Å². The fourth-order valence-electron chi connectivity index (χ4n) is 2.95. The van der Waals surface area contributed by atoms with Gasteiger partial charge < -0.3 is 14.6 Å². The lowest BCUT2D eigenvalue weighted by Gasteiger charge is -2.35. The van der Waals surface area contributed by atoms with Gasteiger partial charge in [-0.1, -0.05) is 19.9 Å². The minimum Gasteiger partial charge on any atom is -0.465 e. The topological polar surface area (TPSA) is 91.6 Å². The number of benzene rings is 1. The largest absolute Gasteiger partial charge is 0.465 e. The van der Waals surface area contributed by atoms with Crippen LogP contribution in [0.2, 0.25) is 0 Å². The van der Waals surface area contributed by atoms with Crippen LogP contribution in [0.15, 0.2) is 17.8 Å². The number of ether oxygens (including phenoxy) is 2. The van der Waals surface area contributed by atoms with Gasteiger partial charge in [0.05, 0.1) is 18.8 Å². The van der Waals surface area contributed by atoms with Gasteiger partial charge in [-0.25, -0.2) is 9.18 Å². The molecule has 1 fully saturated rings. The summed E-state index contributed by atoms with van der Waals surface area (Å²) in [6.07, 6.45) is -1.98. The first-order valence-electron chi connectivity index (χ1n) is 7.50. The number of amides is 1. The molecular weight excluding hydrogens is 315 g/mol. The molecular formula is C17H17FN2O4. The molecule has 1 amide bonds. The van der Waals surface area contributed by atoms with Crippen molar-refractivity contribution < 1.29 is 23.8 Å². The van der Waals surface area contributed by atoms with Crippen molar-refractivity contribution in [3.63, 3.8) is 0 Å². The van der Waals surface area contributed by atoms with Gasteiger partial charge >= 0.3 is 6.09 Å². The summed E-state index contributed by atoms with van der Waals surface area (Å²) in [6.45, 7) is 4.95. The first kappa shape index (κ1) is 16.4. The highest BCUT2D eigenvalue weighted by Crippen LogP contribution is 2.41. The molecule has 7 heteroatoms. The normalized spacial score (nSPS) is 19.8. The molecule has 126 valence electrons. The summed E-state index contributed by atoms with van der Waals surface area (Å²) in [5.74, 6) is -0.486. The maximum Gasteiger partial charge on any atom is 0.408 e. The van der Waals surface area contributed by atoms with Crippen LogP contribution in [0.1, 0.15) is 36.8 Å². The smallest absolute Gasteiger partial charge is 0.408 e. The van der Waals surface area contributed by atoms with E-state index in [1.54, 1.807) is 0 Å². The molecule has 1 aliphatic carbocycles. The molecule has 1 aromatic carbocycles. The van der Waals surface area contributed by atoms with Crippen molar-refractivity contribution in [3.8, 4) is 6.07 Å². The Hall–Kier alpha value is -2.43. The predicted molar refractivity (Wildman–Crippen MR) is 82.2 cm³/mol. The summed E-state index contributed by atoms with van der Waals surface area (Å²) in [6, 6.07) is 4.79. The van der Waals surface area contributed by atoms with E-state index in [0.29, 0.717) is 24.3 Å². The molecule has 1 saturated heterocycles.